The lowest BCUT2D eigenvalue weighted by molar-refractivity contribution is -0.118. The highest BCUT2D eigenvalue weighted by atomic mass is 32.1. The molecule has 5 N–H and O–H groups in total. The highest BCUT2D eigenvalue weighted by Crippen LogP contribution is 2.29. The number of aryl methyl sites for hydroxylation is 2. The SMILES string of the molecule is CC(=O)CN1CC[C@@H](NC(=O)Nc2nc(C)c(C(C)=O)s2)[C@H](CN2CCC[C@@H](Cc3ccc(F)cc3)C2)C1.CNC(=O)N1CC[C@@H](NC(=O)Nc2nc(C)c(C(C)=O)s2)[C@H](CN2CCC[C@@H](Cc3ccc(F)cc3)C2)C1. The first-order valence-electron chi connectivity index (χ1n) is 26.6. The number of thiazole rings is 2. The number of likely N-dealkylation sites (tertiary alicyclic amines) is 4. The molecular formula is C55H75F2N11O6S2. The molecule has 6 amide bonds. The fourth-order valence-corrected chi connectivity index (χ4v) is 13.1. The quantitative estimate of drug-likeness (QED) is 0.0680. The molecule has 4 saturated heterocycles. The maximum atomic E-state index is 13.3. The third-order valence-corrected chi connectivity index (χ3v) is 17.2. The van der Waals surface area contributed by atoms with E-state index in [1.807, 2.05) is 29.2 Å². The van der Waals surface area contributed by atoms with Gasteiger partial charge in [-0.05, 0) is 132 Å². The van der Waals surface area contributed by atoms with Crippen LogP contribution < -0.4 is 26.6 Å². The van der Waals surface area contributed by atoms with Crippen molar-refractivity contribution < 1.29 is 37.5 Å². The Bertz CT molecular complexity index is 2630. The Labute approximate surface area is 453 Å². The van der Waals surface area contributed by atoms with Gasteiger partial charge >= 0.3 is 18.1 Å². The summed E-state index contributed by atoms with van der Waals surface area (Å²) in [6.45, 7) is 16.6. The van der Waals surface area contributed by atoms with Crippen molar-refractivity contribution >= 4 is 68.4 Å². The number of piperidine rings is 4. The number of Topliss-reactive ketones (excluding diaryl/α,β-unsaturated/α-hetero) is 3. The lowest BCUT2D eigenvalue weighted by Crippen LogP contribution is -2.57. The van der Waals surface area contributed by atoms with Crippen molar-refractivity contribution in [3.05, 3.63) is 92.4 Å². The topological polar surface area (TPSA) is 201 Å². The van der Waals surface area contributed by atoms with Gasteiger partial charge in [-0.3, -0.25) is 29.9 Å². The van der Waals surface area contributed by atoms with Gasteiger partial charge in [0.15, 0.2) is 21.8 Å². The van der Waals surface area contributed by atoms with Crippen molar-refractivity contribution in [3.63, 3.8) is 0 Å². The van der Waals surface area contributed by atoms with E-state index in [0.717, 1.165) is 108 Å². The van der Waals surface area contributed by atoms with Crippen LogP contribution >= 0.6 is 22.7 Å². The van der Waals surface area contributed by atoms with Gasteiger partial charge < -0.3 is 30.7 Å². The van der Waals surface area contributed by atoms with E-state index >= 15 is 0 Å². The lowest BCUT2D eigenvalue weighted by atomic mass is 9.88. The third-order valence-electron chi connectivity index (χ3n) is 14.9. The Kier molecular flexibility index (Phi) is 21.0. The fourth-order valence-electron chi connectivity index (χ4n) is 11.4. The number of ketones is 3. The number of aromatic nitrogens is 2. The minimum atomic E-state index is -0.356. The number of rotatable bonds is 16. The molecule has 6 atom stereocenters. The van der Waals surface area contributed by atoms with Crippen LogP contribution in [0.3, 0.4) is 0 Å². The summed E-state index contributed by atoms with van der Waals surface area (Å²) in [5, 5.41) is 15.4. The molecule has 2 aromatic carbocycles. The number of benzene rings is 2. The maximum absolute atomic E-state index is 13.3. The first kappa shape index (κ1) is 58.0. The van der Waals surface area contributed by atoms with Gasteiger partial charge in [-0.2, -0.15) is 0 Å². The molecule has 0 unspecified atom stereocenters. The zero-order valence-corrected chi connectivity index (χ0v) is 46.4. The Hall–Kier alpha value is -5.74. The Balaban J connectivity index is 0.000000221. The predicted octanol–water partition coefficient (Wildman–Crippen LogP) is 8.05. The molecule has 2 aromatic heterocycles. The van der Waals surface area contributed by atoms with Crippen LogP contribution in [0.1, 0.15) is 101 Å². The summed E-state index contributed by atoms with van der Waals surface area (Å²) >= 11 is 2.36. The molecule has 76 heavy (non-hydrogen) atoms. The molecule has 0 aliphatic carbocycles. The van der Waals surface area contributed by atoms with E-state index in [0.29, 0.717) is 69.3 Å². The second-order valence-corrected chi connectivity index (χ2v) is 23.1. The molecular weight excluding hydrogens is 1010 g/mol. The van der Waals surface area contributed by atoms with Gasteiger partial charge in [0, 0.05) is 97.2 Å². The summed E-state index contributed by atoms with van der Waals surface area (Å²) in [4.78, 5) is 92.1. The van der Waals surface area contributed by atoms with Crippen molar-refractivity contribution in [2.75, 3.05) is 89.7 Å². The van der Waals surface area contributed by atoms with Crippen molar-refractivity contribution in [2.45, 2.75) is 98.1 Å². The van der Waals surface area contributed by atoms with E-state index in [1.165, 1.54) is 60.8 Å². The number of nitrogens with zero attached hydrogens (tertiary/aromatic N) is 6. The van der Waals surface area contributed by atoms with Crippen LogP contribution in [0, 0.1) is 49.2 Å². The van der Waals surface area contributed by atoms with E-state index in [-0.39, 0.29) is 71.0 Å². The number of urea groups is 3. The summed E-state index contributed by atoms with van der Waals surface area (Å²) in [7, 11) is 1.63. The van der Waals surface area contributed by atoms with E-state index in [1.54, 1.807) is 27.8 Å². The third kappa shape index (κ3) is 17.1. The van der Waals surface area contributed by atoms with Crippen LogP contribution in [0.2, 0.25) is 0 Å². The predicted molar refractivity (Wildman–Crippen MR) is 293 cm³/mol. The standard InChI is InChI=1S/C28H38FN5O3S.C27H37FN6O3S/c1-18(35)14-34-12-10-25(31-27(37)32-28-30-19(2)26(38-28)20(3)36)23(17-34)16-33-11-4-5-22(15-33)13-21-6-8-24(29)9-7-21;1-17-24(18(2)35)38-26(30-17)32-25(36)31-23-10-12-34(27(37)29-3)16-21(23)15-33-11-4-5-20(14-33)13-19-6-8-22(28)9-7-19/h6-9,22-23,25H,4-5,10-17H2,1-3H3,(H2,30,31,32,37);6-9,20-21,23H,4-5,10-16H2,1-3H3,(H,29,37)(H2,30,31,32,36)/t22-,23+,25+;20-,21+,23+/m00/s1. The summed E-state index contributed by atoms with van der Waals surface area (Å²) in [5.74, 6) is 0.787. The second kappa shape index (κ2) is 27.5. The lowest BCUT2D eigenvalue weighted by Gasteiger charge is -2.42. The first-order valence-corrected chi connectivity index (χ1v) is 28.2. The summed E-state index contributed by atoms with van der Waals surface area (Å²) in [6, 6.07) is 12.6. The summed E-state index contributed by atoms with van der Waals surface area (Å²) in [6.07, 6.45) is 7.70. The van der Waals surface area contributed by atoms with Crippen LogP contribution in [0.5, 0.6) is 0 Å². The van der Waals surface area contributed by atoms with Crippen molar-refractivity contribution in [2.24, 2.45) is 23.7 Å². The summed E-state index contributed by atoms with van der Waals surface area (Å²) < 4.78 is 26.6. The largest absolute Gasteiger partial charge is 0.341 e. The molecule has 4 aliphatic heterocycles. The van der Waals surface area contributed by atoms with Crippen LogP contribution in [-0.4, -0.2) is 156 Å². The number of anilines is 2. The van der Waals surface area contributed by atoms with Gasteiger partial charge in [0.2, 0.25) is 0 Å². The smallest absolute Gasteiger partial charge is 0.321 e. The molecule has 21 heteroatoms. The van der Waals surface area contributed by atoms with Crippen LogP contribution in [-0.2, 0) is 17.6 Å². The van der Waals surface area contributed by atoms with E-state index in [4.69, 9.17) is 0 Å². The molecule has 4 aliphatic rings. The number of halogens is 2. The van der Waals surface area contributed by atoms with Gasteiger partial charge in [-0.25, -0.2) is 33.1 Å². The molecule has 8 rings (SSSR count). The number of nitrogens with one attached hydrogen (secondary N) is 5. The number of amides is 6. The second-order valence-electron chi connectivity index (χ2n) is 21.1. The average molecular weight is 1090 g/mol. The van der Waals surface area contributed by atoms with Crippen LogP contribution in [0.4, 0.5) is 33.4 Å². The van der Waals surface area contributed by atoms with E-state index < -0.39 is 0 Å². The molecule has 6 heterocycles. The molecule has 0 spiro atoms. The van der Waals surface area contributed by atoms with Crippen molar-refractivity contribution in [3.8, 4) is 0 Å². The van der Waals surface area contributed by atoms with Gasteiger partial charge in [0.25, 0.3) is 0 Å². The normalized spacial score (nSPS) is 22.4. The zero-order chi connectivity index (χ0) is 54.5. The molecule has 4 fully saturated rings. The number of hydrogen-bond donors (Lipinski definition) is 5. The monoisotopic (exact) mass is 1090 g/mol. The molecule has 0 bridgehead atoms. The van der Waals surface area contributed by atoms with Gasteiger partial charge in [-0.15, -0.1) is 0 Å². The Morgan fingerprint density at radius 3 is 1.46 bits per heavy atom. The molecule has 17 nitrogen and oxygen atoms in total. The average Bonchev–Trinajstić information content (AvgIpc) is 3.94. The highest BCUT2D eigenvalue weighted by molar-refractivity contribution is 7.18. The summed E-state index contributed by atoms with van der Waals surface area (Å²) in [5.41, 5.74) is 3.52. The van der Waals surface area contributed by atoms with Crippen LogP contribution in [0.25, 0.3) is 0 Å². The van der Waals surface area contributed by atoms with Crippen LogP contribution in [0.15, 0.2) is 48.5 Å². The van der Waals surface area contributed by atoms with Gasteiger partial charge in [0.05, 0.1) is 27.7 Å². The Morgan fingerprint density at radius 1 is 0.592 bits per heavy atom. The minimum absolute atomic E-state index is 0.0379. The van der Waals surface area contributed by atoms with Crippen molar-refractivity contribution in [1.82, 2.24) is 45.5 Å². The molecule has 412 valence electrons. The number of carbonyl (C=O) groups is 6. The number of carbonyl (C=O) groups excluding carboxylic acids is 6. The Morgan fingerprint density at radius 2 is 1.04 bits per heavy atom. The first-order chi connectivity index (χ1) is 36.4. The molecule has 4 aromatic rings. The van der Waals surface area contributed by atoms with Crippen molar-refractivity contribution in [1.29, 1.82) is 0 Å². The zero-order valence-electron chi connectivity index (χ0n) is 44.7. The number of hydrogen-bond acceptors (Lipinski definition) is 13. The maximum Gasteiger partial charge on any atom is 0.321 e. The molecule has 0 radical (unpaired) electrons. The van der Waals surface area contributed by atoms with E-state index in [2.05, 4.69) is 51.3 Å². The fraction of sp³-hybridized carbons (Fsp3) is 0.564. The van der Waals surface area contributed by atoms with E-state index in [9.17, 15) is 37.5 Å². The molecule has 0 saturated carbocycles. The van der Waals surface area contributed by atoms with Gasteiger partial charge in [-0.1, -0.05) is 46.9 Å². The highest BCUT2D eigenvalue weighted by Gasteiger charge is 2.36. The minimum Gasteiger partial charge on any atom is -0.341 e. The van der Waals surface area contributed by atoms with Gasteiger partial charge in [0.1, 0.15) is 17.4 Å².